The summed E-state index contributed by atoms with van der Waals surface area (Å²) in [6.07, 6.45) is 5.16. The maximum Gasteiger partial charge on any atom is 0.226 e. The van der Waals surface area contributed by atoms with Gasteiger partial charge in [0.1, 0.15) is 6.26 Å². The minimum atomic E-state index is 0. The minimum Gasteiger partial charge on any atom is -0.444 e. The molecule has 0 amide bonds. The third-order valence-electron chi connectivity index (χ3n) is 4.35. The van der Waals surface area contributed by atoms with Gasteiger partial charge in [-0.15, -0.1) is 24.0 Å². The van der Waals surface area contributed by atoms with E-state index < -0.39 is 0 Å². The monoisotopic (exact) mass is 500 g/mol. The number of rotatable bonds is 7. The summed E-state index contributed by atoms with van der Waals surface area (Å²) >= 11 is 2.04. The van der Waals surface area contributed by atoms with Gasteiger partial charge in [0.05, 0.1) is 12.2 Å². The van der Waals surface area contributed by atoms with E-state index in [2.05, 4.69) is 41.6 Å². The van der Waals surface area contributed by atoms with Crippen molar-refractivity contribution >= 4 is 41.7 Å². The molecular weight excluding hydrogens is 471 g/mol. The number of benzene rings is 1. The van der Waals surface area contributed by atoms with E-state index in [0.717, 1.165) is 43.3 Å². The Kier molecular flexibility index (Phi) is 9.47. The Morgan fingerprint density at radius 2 is 2.11 bits per heavy atom. The highest BCUT2D eigenvalue weighted by molar-refractivity contribution is 14.0. The van der Waals surface area contributed by atoms with Crippen LogP contribution in [0.3, 0.4) is 0 Å². The fourth-order valence-corrected chi connectivity index (χ4v) is 4.06. The number of aromatic nitrogens is 1. The van der Waals surface area contributed by atoms with E-state index in [0.29, 0.717) is 11.1 Å². The zero-order valence-electron chi connectivity index (χ0n) is 16.0. The lowest BCUT2D eigenvalue weighted by atomic mass is 10.1. The van der Waals surface area contributed by atoms with Gasteiger partial charge in [0.25, 0.3) is 0 Å². The van der Waals surface area contributed by atoms with Crippen molar-refractivity contribution in [1.82, 2.24) is 15.6 Å². The van der Waals surface area contributed by atoms with Crippen molar-refractivity contribution in [2.75, 3.05) is 25.4 Å². The van der Waals surface area contributed by atoms with E-state index in [1.54, 1.807) is 6.26 Å². The van der Waals surface area contributed by atoms with Gasteiger partial charge in [-0.2, -0.15) is 11.8 Å². The second-order valence-electron chi connectivity index (χ2n) is 6.54. The Morgan fingerprint density at radius 3 is 2.81 bits per heavy atom. The van der Waals surface area contributed by atoms with E-state index in [9.17, 15) is 0 Å². The van der Waals surface area contributed by atoms with Crippen LogP contribution in [-0.4, -0.2) is 41.6 Å². The summed E-state index contributed by atoms with van der Waals surface area (Å²) in [4.78, 5) is 9.31. The van der Waals surface area contributed by atoms with E-state index in [4.69, 9.17) is 9.41 Å². The fraction of sp³-hybridized carbons (Fsp3) is 0.500. The maximum absolute atomic E-state index is 5.62. The number of hydrogen-bond acceptors (Lipinski definition) is 4. The van der Waals surface area contributed by atoms with Gasteiger partial charge in [-0.1, -0.05) is 17.7 Å². The zero-order chi connectivity index (χ0) is 18.2. The number of nitrogens with one attached hydrogen (secondary N) is 2. The van der Waals surface area contributed by atoms with E-state index in [1.807, 2.05) is 23.9 Å². The molecule has 1 aliphatic rings. The molecule has 1 aromatic carbocycles. The van der Waals surface area contributed by atoms with Crippen molar-refractivity contribution in [3.05, 3.63) is 41.8 Å². The maximum atomic E-state index is 5.62. The van der Waals surface area contributed by atoms with Gasteiger partial charge in [0, 0.05) is 30.3 Å². The van der Waals surface area contributed by atoms with Crippen LogP contribution < -0.4 is 10.6 Å². The number of oxazole rings is 1. The van der Waals surface area contributed by atoms with Gasteiger partial charge in [-0.25, -0.2) is 4.98 Å². The highest BCUT2D eigenvalue weighted by Gasteiger charge is 2.15. The molecule has 1 atom stereocenters. The molecule has 1 unspecified atom stereocenters. The van der Waals surface area contributed by atoms with Gasteiger partial charge in [-0.05, 0) is 44.6 Å². The van der Waals surface area contributed by atoms with Crippen LogP contribution in [0.15, 0.2) is 39.9 Å². The van der Waals surface area contributed by atoms with Crippen LogP contribution in [0.2, 0.25) is 0 Å². The molecule has 1 fully saturated rings. The van der Waals surface area contributed by atoms with Crippen LogP contribution in [0.5, 0.6) is 0 Å². The first-order valence-electron chi connectivity index (χ1n) is 9.40. The first-order chi connectivity index (χ1) is 12.7. The summed E-state index contributed by atoms with van der Waals surface area (Å²) in [5, 5.41) is 7.39. The number of guanidine groups is 1. The average Bonchev–Trinajstić information content (AvgIpc) is 3.32. The molecule has 2 aromatic rings. The lowest BCUT2D eigenvalue weighted by Crippen LogP contribution is -2.38. The summed E-state index contributed by atoms with van der Waals surface area (Å²) in [7, 11) is 0. The van der Waals surface area contributed by atoms with E-state index >= 15 is 0 Å². The molecule has 0 saturated carbocycles. The lowest BCUT2D eigenvalue weighted by Gasteiger charge is -2.12. The molecule has 0 radical (unpaired) electrons. The third-order valence-corrected chi connectivity index (χ3v) is 5.73. The van der Waals surface area contributed by atoms with Crippen LogP contribution in [-0.2, 0) is 6.42 Å². The second-order valence-corrected chi connectivity index (χ2v) is 7.95. The van der Waals surface area contributed by atoms with Crippen LogP contribution in [0.1, 0.15) is 31.0 Å². The quantitative estimate of drug-likeness (QED) is 0.338. The van der Waals surface area contributed by atoms with Gasteiger partial charge < -0.3 is 15.1 Å². The number of aliphatic imine (C=N–C) groups is 1. The Hall–Kier alpha value is -1.22. The SMILES string of the molecule is CCNC(=NCC1CCCS1)NCCc1coc(-c2ccc(C)cc2)n1.I. The number of aryl methyl sites for hydroxylation is 1. The van der Waals surface area contributed by atoms with E-state index in [1.165, 1.54) is 24.2 Å². The molecule has 3 rings (SSSR count). The summed E-state index contributed by atoms with van der Waals surface area (Å²) in [6.45, 7) is 6.70. The molecular formula is C20H29IN4OS. The van der Waals surface area contributed by atoms with Crippen LogP contribution in [0.25, 0.3) is 11.5 Å². The van der Waals surface area contributed by atoms with Crippen LogP contribution in [0, 0.1) is 6.92 Å². The molecule has 2 N–H and O–H groups in total. The van der Waals surface area contributed by atoms with Gasteiger partial charge >= 0.3 is 0 Å². The Labute approximate surface area is 183 Å². The molecule has 0 spiro atoms. The first-order valence-corrected chi connectivity index (χ1v) is 10.4. The number of hydrogen-bond donors (Lipinski definition) is 2. The van der Waals surface area contributed by atoms with Crippen LogP contribution in [0.4, 0.5) is 0 Å². The molecule has 5 nitrogen and oxygen atoms in total. The zero-order valence-corrected chi connectivity index (χ0v) is 19.2. The molecule has 0 aliphatic carbocycles. The van der Waals surface area contributed by atoms with Gasteiger partial charge in [-0.3, -0.25) is 4.99 Å². The molecule has 1 aromatic heterocycles. The Morgan fingerprint density at radius 1 is 1.30 bits per heavy atom. The molecule has 1 saturated heterocycles. The highest BCUT2D eigenvalue weighted by Crippen LogP contribution is 2.26. The summed E-state index contributed by atoms with van der Waals surface area (Å²) in [5.41, 5.74) is 3.20. The number of thioether (sulfide) groups is 1. The van der Waals surface area contributed by atoms with E-state index in [-0.39, 0.29) is 24.0 Å². The topological polar surface area (TPSA) is 62.5 Å². The third kappa shape index (κ3) is 7.03. The van der Waals surface area contributed by atoms with Crippen molar-refractivity contribution in [3.63, 3.8) is 0 Å². The lowest BCUT2D eigenvalue weighted by molar-refractivity contribution is 0.572. The predicted octanol–water partition coefficient (Wildman–Crippen LogP) is 4.26. The number of nitrogens with zero attached hydrogens (tertiary/aromatic N) is 2. The first kappa shape index (κ1) is 22.1. The second kappa shape index (κ2) is 11.6. The highest BCUT2D eigenvalue weighted by atomic mass is 127. The Bertz CT molecular complexity index is 711. The van der Waals surface area contributed by atoms with Crippen molar-refractivity contribution in [3.8, 4) is 11.5 Å². The molecule has 1 aliphatic heterocycles. The summed E-state index contributed by atoms with van der Waals surface area (Å²) in [6, 6.07) is 8.23. The molecule has 0 bridgehead atoms. The molecule has 7 heteroatoms. The fourth-order valence-electron chi connectivity index (χ4n) is 2.88. The molecule has 148 valence electrons. The van der Waals surface area contributed by atoms with Crippen molar-refractivity contribution in [2.24, 2.45) is 4.99 Å². The summed E-state index contributed by atoms with van der Waals surface area (Å²) in [5.74, 6) is 2.85. The van der Waals surface area contributed by atoms with Crippen molar-refractivity contribution in [2.45, 2.75) is 38.4 Å². The smallest absolute Gasteiger partial charge is 0.226 e. The molecule has 2 heterocycles. The van der Waals surface area contributed by atoms with Gasteiger partial charge in [0.15, 0.2) is 5.96 Å². The summed E-state index contributed by atoms with van der Waals surface area (Å²) < 4.78 is 5.62. The van der Waals surface area contributed by atoms with Crippen molar-refractivity contribution in [1.29, 1.82) is 0 Å². The normalized spacial score (nSPS) is 16.8. The van der Waals surface area contributed by atoms with Crippen molar-refractivity contribution < 1.29 is 4.42 Å². The standard InChI is InChI=1S/C20H28N4OS.HI/c1-3-21-20(23-13-18-5-4-12-26-18)22-11-10-17-14-25-19(24-17)16-8-6-15(2)7-9-16;/h6-9,14,18H,3-5,10-13H2,1-2H3,(H2,21,22,23);1H. The Balaban J connectivity index is 0.00000261. The van der Waals surface area contributed by atoms with Crippen LogP contribution >= 0.6 is 35.7 Å². The average molecular weight is 500 g/mol. The number of halogens is 1. The van der Waals surface area contributed by atoms with Gasteiger partial charge in [0.2, 0.25) is 5.89 Å². The molecule has 27 heavy (non-hydrogen) atoms. The minimum absolute atomic E-state index is 0. The largest absolute Gasteiger partial charge is 0.444 e. The predicted molar refractivity (Wildman–Crippen MR) is 125 cm³/mol.